The number of nitro benzene ring substituents is 1. The summed E-state index contributed by atoms with van der Waals surface area (Å²) in [6, 6.07) is 12.8. The number of ether oxygens (including phenoxy) is 2. The van der Waals surface area contributed by atoms with Gasteiger partial charge in [0.25, 0.3) is 5.69 Å². The summed E-state index contributed by atoms with van der Waals surface area (Å²) < 4.78 is 10.8. The monoisotopic (exact) mass is 427 g/mol. The predicted molar refractivity (Wildman–Crippen MR) is 121 cm³/mol. The van der Waals surface area contributed by atoms with Crippen LogP contribution in [0.1, 0.15) is 18.4 Å². The Hall–Kier alpha value is -3.49. The van der Waals surface area contributed by atoms with Gasteiger partial charge in [0.2, 0.25) is 0 Å². The fourth-order valence-corrected chi connectivity index (χ4v) is 3.57. The zero-order chi connectivity index (χ0) is 22.2. The molecule has 0 saturated carbocycles. The highest BCUT2D eigenvalue weighted by atomic mass is 16.6. The molecule has 166 valence electrons. The highest BCUT2D eigenvalue weighted by Crippen LogP contribution is 2.30. The molecule has 9 heteroatoms. The summed E-state index contributed by atoms with van der Waals surface area (Å²) in [4.78, 5) is 17.0. The zero-order valence-electron chi connectivity index (χ0n) is 18.1. The van der Waals surface area contributed by atoms with Crippen LogP contribution in [-0.2, 0) is 6.54 Å². The zero-order valence-corrected chi connectivity index (χ0v) is 18.1. The molecule has 0 bridgehead atoms. The number of rotatable bonds is 7. The molecule has 0 radical (unpaired) electrons. The number of nitro groups is 1. The number of guanidine groups is 1. The van der Waals surface area contributed by atoms with E-state index in [4.69, 9.17) is 9.47 Å². The number of hydrogen-bond donors (Lipinski definition) is 2. The summed E-state index contributed by atoms with van der Waals surface area (Å²) >= 11 is 0. The van der Waals surface area contributed by atoms with Crippen molar-refractivity contribution >= 4 is 17.3 Å². The van der Waals surface area contributed by atoms with Crippen LogP contribution in [0.5, 0.6) is 11.5 Å². The van der Waals surface area contributed by atoms with Crippen molar-refractivity contribution in [2.75, 3.05) is 39.3 Å². The highest BCUT2D eigenvalue weighted by molar-refractivity contribution is 5.80. The Kier molecular flexibility index (Phi) is 7.53. The lowest BCUT2D eigenvalue weighted by Crippen LogP contribution is -2.48. The first-order chi connectivity index (χ1) is 15.0. The first kappa shape index (κ1) is 22.2. The Bertz CT molecular complexity index is 886. The van der Waals surface area contributed by atoms with Crippen molar-refractivity contribution in [1.29, 1.82) is 0 Å². The topological polar surface area (TPSA) is 101 Å². The first-order valence-corrected chi connectivity index (χ1v) is 10.2. The van der Waals surface area contributed by atoms with Gasteiger partial charge in [-0.3, -0.25) is 15.1 Å². The van der Waals surface area contributed by atoms with Crippen LogP contribution in [0.3, 0.4) is 0 Å². The van der Waals surface area contributed by atoms with Gasteiger partial charge in [0.05, 0.1) is 19.1 Å². The molecule has 0 unspecified atom stereocenters. The van der Waals surface area contributed by atoms with E-state index in [0.29, 0.717) is 12.6 Å². The lowest BCUT2D eigenvalue weighted by atomic mass is 10.0. The van der Waals surface area contributed by atoms with E-state index in [1.54, 1.807) is 33.4 Å². The Labute approximate surface area is 182 Å². The standard InChI is InChI=1S/C22H29N5O4/c1-23-22(24-15-16-4-6-18(7-5-16)27(28)29)25-17-8-10-26(11-9-17)19-12-20(30-2)14-21(13-19)31-3/h4-7,12-14,17H,8-11,15H2,1-3H3,(H2,23,24,25). The first-order valence-electron chi connectivity index (χ1n) is 10.2. The van der Waals surface area contributed by atoms with Crippen LogP contribution < -0.4 is 25.0 Å². The molecule has 1 aliphatic rings. The number of piperidine rings is 1. The molecular weight excluding hydrogens is 398 g/mol. The number of benzene rings is 2. The van der Waals surface area contributed by atoms with E-state index < -0.39 is 4.92 Å². The van der Waals surface area contributed by atoms with E-state index in [0.717, 1.165) is 54.6 Å². The molecule has 0 aromatic heterocycles. The third kappa shape index (κ3) is 6.00. The molecule has 1 heterocycles. The van der Waals surface area contributed by atoms with Crippen molar-refractivity contribution in [3.63, 3.8) is 0 Å². The molecule has 0 aliphatic carbocycles. The van der Waals surface area contributed by atoms with Crippen molar-refractivity contribution in [3.8, 4) is 11.5 Å². The minimum atomic E-state index is -0.397. The molecule has 3 rings (SSSR count). The van der Waals surface area contributed by atoms with E-state index >= 15 is 0 Å². The van der Waals surface area contributed by atoms with Crippen LogP contribution >= 0.6 is 0 Å². The maximum absolute atomic E-state index is 10.8. The van der Waals surface area contributed by atoms with Gasteiger partial charge in [-0.1, -0.05) is 12.1 Å². The SMILES string of the molecule is CN=C(NCc1ccc([N+](=O)[O-])cc1)NC1CCN(c2cc(OC)cc(OC)c2)CC1. The van der Waals surface area contributed by atoms with Crippen LogP contribution in [0.15, 0.2) is 47.5 Å². The van der Waals surface area contributed by atoms with Crippen LogP contribution in [0.4, 0.5) is 11.4 Å². The highest BCUT2D eigenvalue weighted by Gasteiger charge is 2.21. The Morgan fingerprint density at radius 3 is 2.26 bits per heavy atom. The number of aliphatic imine (C=N–C) groups is 1. The van der Waals surface area contributed by atoms with Gasteiger partial charge in [-0.25, -0.2) is 0 Å². The fraction of sp³-hybridized carbons (Fsp3) is 0.409. The molecule has 2 N–H and O–H groups in total. The quantitative estimate of drug-likeness (QED) is 0.303. The Balaban J connectivity index is 1.50. The summed E-state index contributed by atoms with van der Waals surface area (Å²) in [6.45, 7) is 2.36. The van der Waals surface area contributed by atoms with Crippen LogP contribution in [0.25, 0.3) is 0 Å². The lowest BCUT2D eigenvalue weighted by Gasteiger charge is -2.34. The number of methoxy groups -OCH3 is 2. The summed E-state index contributed by atoms with van der Waals surface area (Å²) in [5, 5.41) is 17.5. The van der Waals surface area contributed by atoms with Crippen molar-refractivity contribution < 1.29 is 14.4 Å². The maximum Gasteiger partial charge on any atom is 0.269 e. The second-order valence-corrected chi connectivity index (χ2v) is 7.33. The summed E-state index contributed by atoms with van der Waals surface area (Å²) in [7, 11) is 5.05. The maximum atomic E-state index is 10.8. The molecule has 2 aromatic rings. The molecule has 1 saturated heterocycles. The fourth-order valence-electron chi connectivity index (χ4n) is 3.57. The number of nitrogens with zero attached hydrogens (tertiary/aromatic N) is 3. The van der Waals surface area contributed by atoms with Crippen molar-refractivity contribution in [2.45, 2.75) is 25.4 Å². The molecule has 1 aliphatic heterocycles. The molecular formula is C22H29N5O4. The van der Waals surface area contributed by atoms with Crippen LogP contribution in [0.2, 0.25) is 0 Å². The molecule has 0 spiro atoms. The summed E-state index contributed by atoms with van der Waals surface area (Å²) in [5.74, 6) is 2.29. The Morgan fingerprint density at radius 2 is 1.74 bits per heavy atom. The summed E-state index contributed by atoms with van der Waals surface area (Å²) in [6.07, 6.45) is 1.94. The molecule has 31 heavy (non-hydrogen) atoms. The average molecular weight is 428 g/mol. The smallest absolute Gasteiger partial charge is 0.269 e. The summed E-state index contributed by atoms with van der Waals surface area (Å²) in [5.41, 5.74) is 2.14. The van der Waals surface area contributed by atoms with Gasteiger partial charge in [0.1, 0.15) is 11.5 Å². The van der Waals surface area contributed by atoms with Crippen LogP contribution in [-0.4, -0.2) is 51.3 Å². The molecule has 9 nitrogen and oxygen atoms in total. The molecule has 0 atom stereocenters. The predicted octanol–water partition coefficient (Wildman–Crippen LogP) is 2.95. The van der Waals surface area contributed by atoms with Gasteiger partial charge in [-0.05, 0) is 18.4 Å². The van der Waals surface area contributed by atoms with Gasteiger partial charge in [-0.15, -0.1) is 0 Å². The van der Waals surface area contributed by atoms with Crippen molar-refractivity contribution in [3.05, 3.63) is 58.1 Å². The van der Waals surface area contributed by atoms with Crippen molar-refractivity contribution in [1.82, 2.24) is 10.6 Å². The average Bonchev–Trinajstić information content (AvgIpc) is 2.81. The molecule has 1 fully saturated rings. The number of non-ortho nitro benzene ring substituents is 1. The Morgan fingerprint density at radius 1 is 1.13 bits per heavy atom. The minimum Gasteiger partial charge on any atom is -0.497 e. The third-order valence-electron chi connectivity index (χ3n) is 5.37. The number of nitrogens with one attached hydrogen (secondary N) is 2. The molecule has 0 amide bonds. The van der Waals surface area contributed by atoms with Gasteiger partial charge in [-0.2, -0.15) is 0 Å². The minimum absolute atomic E-state index is 0.0895. The van der Waals surface area contributed by atoms with E-state index in [1.807, 2.05) is 18.2 Å². The van der Waals surface area contributed by atoms with Gasteiger partial charge >= 0.3 is 0 Å². The van der Waals surface area contributed by atoms with Gasteiger partial charge in [0.15, 0.2) is 5.96 Å². The second-order valence-electron chi connectivity index (χ2n) is 7.33. The number of hydrogen-bond acceptors (Lipinski definition) is 6. The normalized spacial score (nSPS) is 14.8. The largest absolute Gasteiger partial charge is 0.497 e. The second kappa shape index (κ2) is 10.5. The van der Waals surface area contributed by atoms with Crippen LogP contribution in [0, 0.1) is 10.1 Å². The molecule has 2 aromatic carbocycles. The van der Waals surface area contributed by atoms with E-state index in [1.165, 1.54) is 12.1 Å². The number of anilines is 1. The van der Waals surface area contributed by atoms with Crippen molar-refractivity contribution in [2.24, 2.45) is 4.99 Å². The van der Waals surface area contributed by atoms with E-state index in [2.05, 4.69) is 20.5 Å². The third-order valence-corrected chi connectivity index (χ3v) is 5.37. The van der Waals surface area contributed by atoms with E-state index in [-0.39, 0.29) is 5.69 Å². The lowest BCUT2D eigenvalue weighted by molar-refractivity contribution is -0.384. The van der Waals surface area contributed by atoms with Gasteiger partial charge < -0.3 is 25.0 Å². The van der Waals surface area contributed by atoms with E-state index in [9.17, 15) is 10.1 Å². The van der Waals surface area contributed by atoms with Gasteiger partial charge in [0, 0.05) is 68.7 Å².